The molecule has 2 unspecified atom stereocenters. The van der Waals surface area contributed by atoms with Crippen molar-refractivity contribution >= 4 is 29.1 Å². The molecule has 1 aliphatic carbocycles. The second kappa shape index (κ2) is 7.16. The van der Waals surface area contributed by atoms with Crippen LogP contribution in [0.3, 0.4) is 0 Å². The highest BCUT2D eigenvalue weighted by Crippen LogP contribution is 2.27. The van der Waals surface area contributed by atoms with Gasteiger partial charge in [0.2, 0.25) is 0 Å². The van der Waals surface area contributed by atoms with E-state index in [4.69, 9.17) is 33.7 Å². The number of rotatable bonds is 5. The number of halogens is 2. The van der Waals surface area contributed by atoms with Crippen LogP contribution >= 0.6 is 23.2 Å². The molecule has 1 saturated carbocycles. The summed E-state index contributed by atoms with van der Waals surface area (Å²) >= 11 is 11.8. The molecule has 1 aromatic carbocycles. The molecule has 0 aliphatic heterocycles. The molecule has 1 fully saturated rings. The van der Waals surface area contributed by atoms with Crippen molar-refractivity contribution in [2.45, 2.75) is 25.3 Å². The number of hydrogen-bond donors (Lipinski definition) is 2. The van der Waals surface area contributed by atoms with E-state index >= 15 is 0 Å². The van der Waals surface area contributed by atoms with E-state index in [0.717, 1.165) is 19.3 Å². The van der Waals surface area contributed by atoms with Crippen molar-refractivity contribution in [3.8, 4) is 5.75 Å². The van der Waals surface area contributed by atoms with E-state index in [-0.39, 0.29) is 18.6 Å². The Labute approximate surface area is 128 Å². The van der Waals surface area contributed by atoms with E-state index in [9.17, 15) is 4.79 Å². The Morgan fingerprint density at radius 1 is 1.40 bits per heavy atom. The van der Waals surface area contributed by atoms with Crippen LogP contribution in [-0.2, 0) is 4.79 Å². The largest absolute Gasteiger partial charge is 0.482 e. The number of nitrogens with two attached hydrogens (primary N) is 1. The predicted octanol–water partition coefficient (Wildman–Crippen LogP) is 2.62. The number of benzene rings is 1. The highest BCUT2D eigenvalue weighted by Gasteiger charge is 2.27. The van der Waals surface area contributed by atoms with Crippen molar-refractivity contribution in [2.24, 2.45) is 11.7 Å². The molecular formula is C14H18Cl2N2O2. The lowest BCUT2D eigenvalue weighted by Crippen LogP contribution is -2.42. The molecule has 0 bridgehead atoms. The first-order valence-electron chi connectivity index (χ1n) is 6.67. The quantitative estimate of drug-likeness (QED) is 0.877. The van der Waals surface area contributed by atoms with Crippen molar-refractivity contribution < 1.29 is 9.53 Å². The molecule has 3 N–H and O–H groups in total. The maximum absolute atomic E-state index is 11.9. The lowest BCUT2D eigenvalue weighted by Gasteiger charge is -2.19. The number of hydrogen-bond acceptors (Lipinski definition) is 3. The maximum Gasteiger partial charge on any atom is 0.258 e. The lowest BCUT2D eigenvalue weighted by molar-refractivity contribution is -0.124. The van der Waals surface area contributed by atoms with E-state index in [2.05, 4.69) is 5.32 Å². The van der Waals surface area contributed by atoms with Crippen molar-refractivity contribution in [3.63, 3.8) is 0 Å². The molecule has 20 heavy (non-hydrogen) atoms. The highest BCUT2D eigenvalue weighted by molar-refractivity contribution is 6.35. The van der Waals surface area contributed by atoms with Gasteiger partial charge in [-0.2, -0.15) is 0 Å². The summed E-state index contributed by atoms with van der Waals surface area (Å²) < 4.78 is 5.40. The van der Waals surface area contributed by atoms with Gasteiger partial charge in [0.05, 0.1) is 5.02 Å². The molecule has 4 nitrogen and oxygen atoms in total. The molecule has 0 spiro atoms. The summed E-state index contributed by atoms with van der Waals surface area (Å²) in [5.74, 6) is 0.674. The molecule has 0 radical (unpaired) electrons. The van der Waals surface area contributed by atoms with E-state index in [1.165, 1.54) is 0 Å². The van der Waals surface area contributed by atoms with Crippen LogP contribution in [0.4, 0.5) is 0 Å². The van der Waals surface area contributed by atoms with Crippen molar-refractivity contribution in [1.29, 1.82) is 0 Å². The second-order valence-corrected chi connectivity index (χ2v) is 5.81. The van der Waals surface area contributed by atoms with Gasteiger partial charge < -0.3 is 15.8 Å². The fourth-order valence-corrected chi connectivity index (χ4v) is 2.96. The van der Waals surface area contributed by atoms with Gasteiger partial charge in [-0.05, 0) is 43.5 Å². The van der Waals surface area contributed by atoms with Crippen LogP contribution in [0.15, 0.2) is 18.2 Å². The van der Waals surface area contributed by atoms with E-state index in [0.29, 0.717) is 28.3 Å². The zero-order chi connectivity index (χ0) is 14.5. The number of amides is 1. The molecule has 110 valence electrons. The molecule has 2 atom stereocenters. The Bertz CT molecular complexity index is 482. The molecule has 2 rings (SSSR count). The summed E-state index contributed by atoms with van der Waals surface area (Å²) in [5.41, 5.74) is 5.69. The van der Waals surface area contributed by atoms with Crippen molar-refractivity contribution in [3.05, 3.63) is 28.2 Å². The van der Waals surface area contributed by atoms with Gasteiger partial charge in [0, 0.05) is 11.1 Å². The maximum atomic E-state index is 11.9. The Morgan fingerprint density at radius 3 is 2.90 bits per heavy atom. The summed E-state index contributed by atoms with van der Waals surface area (Å²) in [7, 11) is 0. The third-order valence-electron chi connectivity index (χ3n) is 3.56. The summed E-state index contributed by atoms with van der Waals surface area (Å²) in [5, 5.41) is 3.89. The van der Waals surface area contributed by atoms with E-state index < -0.39 is 0 Å². The van der Waals surface area contributed by atoms with Gasteiger partial charge in [-0.1, -0.05) is 29.6 Å². The SMILES string of the molecule is NCC1CCCC1NC(=O)COc1ccc(Cl)cc1Cl. The van der Waals surface area contributed by atoms with Crippen molar-refractivity contribution in [2.75, 3.05) is 13.2 Å². The number of carbonyl (C=O) groups is 1. The van der Waals surface area contributed by atoms with Gasteiger partial charge >= 0.3 is 0 Å². The normalized spacial score (nSPS) is 21.8. The van der Waals surface area contributed by atoms with Crippen LogP contribution in [0.5, 0.6) is 5.75 Å². The molecule has 0 aromatic heterocycles. The molecule has 1 amide bonds. The minimum absolute atomic E-state index is 0.0604. The zero-order valence-electron chi connectivity index (χ0n) is 11.1. The third kappa shape index (κ3) is 4.01. The lowest BCUT2D eigenvalue weighted by atomic mass is 10.0. The van der Waals surface area contributed by atoms with Crippen LogP contribution in [0.2, 0.25) is 10.0 Å². The Morgan fingerprint density at radius 2 is 2.20 bits per heavy atom. The van der Waals surface area contributed by atoms with E-state index in [1.807, 2.05) is 0 Å². The second-order valence-electron chi connectivity index (χ2n) is 4.96. The van der Waals surface area contributed by atoms with Crippen LogP contribution in [-0.4, -0.2) is 25.1 Å². The summed E-state index contributed by atoms with van der Waals surface area (Å²) in [6, 6.07) is 5.06. The van der Waals surface area contributed by atoms with E-state index in [1.54, 1.807) is 18.2 Å². The zero-order valence-corrected chi connectivity index (χ0v) is 12.6. The van der Waals surface area contributed by atoms with Gasteiger partial charge in [0.15, 0.2) is 6.61 Å². The summed E-state index contributed by atoms with van der Waals surface area (Å²) in [4.78, 5) is 11.9. The minimum Gasteiger partial charge on any atom is -0.482 e. The van der Waals surface area contributed by atoms with Crippen LogP contribution in [0, 0.1) is 5.92 Å². The summed E-state index contributed by atoms with van der Waals surface area (Å²) in [6.45, 7) is 0.546. The van der Waals surface area contributed by atoms with Crippen LogP contribution in [0.25, 0.3) is 0 Å². The number of nitrogens with one attached hydrogen (secondary N) is 1. The highest BCUT2D eigenvalue weighted by atomic mass is 35.5. The Hall–Kier alpha value is -0.970. The molecule has 6 heteroatoms. The Kier molecular flexibility index (Phi) is 5.52. The van der Waals surface area contributed by atoms with Gasteiger partial charge in [-0.3, -0.25) is 4.79 Å². The first kappa shape index (κ1) is 15.4. The summed E-state index contributed by atoms with van der Waals surface area (Å²) in [6.07, 6.45) is 3.16. The van der Waals surface area contributed by atoms with Gasteiger partial charge in [-0.25, -0.2) is 0 Å². The topological polar surface area (TPSA) is 64.3 Å². The average Bonchev–Trinajstić information content (AvgIpc) is 2.85. The van der Waals surface area contributed by atoms with Crippen LogP contribution < -0.4 is 15.8 Å². The van der Waals surface area contributed by atoms with Crippen LogP contribution in [0.1, 0.15) is 19.3 Å². The average molecular weight is 317 g/mol. The monoisotopic (exact) mass is 316 g/mol. The number of carbonyl (C=O) groups excluding carboxylic acids is 1. The smallest absolute Gasteiger partial charge is 0.258 e. The first-order valence-corrected chi connectivity index (χ1v) is 7.43. The van der Waals surface area contributed by atoms with Gasteiger partial charge in [0.1, 0.15) is 5.75 Å². The fraction of sp³-hybridized carbons (Fsp3) is 0.500. The minimum atomic E-state index is -0.152. The van der Waals surface area contributed by atoms with Gasteiger partial charge in [0.25, 0.3) is 5.91 Å². The first-order chi connectivity index (χ1) is 9.60. The number of ether oxygens (including phenoxy) is 1. The molecule has 1 aliphatic rings. The molecule has 0 heterocycles. The predicted molar refractivity (Wildman–Crippen MR) is 80.3 cm³/mol. The Balaban J connectivity index is 1.83. The molecular weight excluding hydrogens is 299 g/mol. The molecule has 0 saturated heterocycles. The molecule has 1 aromatic rings. The van der Waals surface area contributed by atoms with Gasteiger partial charge in [-0.15, -0.1) is 0 Å². The standard InChI is InChI=1S/C14H18Cl2N2O2/c15-10-4-5-13(11(16)6-10)20-8-14(19)18-12-3-1-2-9(12)7-17/h4-6,9,12H,1-3,7-8,17H2,(H,18,19). The fourth-order valence-electron chi connectivity index (χ4n) is 2.49. The van der Waals surface area contributed by atoms with Crippen molar-refractivity contribution in [1.82, 2.24) is 5.32 Å². The third-order valence-corrected chi connectivity index (χ3v) is 4.09.